The Kier molecular flexibility index (Phi) is 6.71. The number of aliphatic hydroxyl groups excluding tert-OH is 1. The second kappa shape index (κ2) is 8.13. The lowest BCUT2D eigenvalue weighted by atomic mass is 10.1. The van der Waals surface area contributed by atoms with E-state index in [2.05, 4.69) is 30.9 Å². The summed E-state index contributed by atoms with van der Waals surface area (Å²) in [6, 6.07) is 8.18. The zero-order valence-corrected chi connectivity index (χ0v) is 11.2. The molecule has 0 saturated carbocycles. The molecule has 1 aromatic carbocycles. The number of unbranched alkanes of at least 4 members (excludes halogenated alkanes) is 2. The second-order valence-corrected chi connectivity index (χ2v) is 4.48. The summed E-state index contributed by atoms with van der Waals surface area (Å²) < 4.78 is 0. The molecule has 0 unspecified atom stereocenters. The first-order valence-corrected chi connectivity index (χ1v) is 6.77. The van der Waals surface area contributed by atoms with Crippen LogP contribution in [0.5, 0.6) is 0 Å². The van der Waals surface area contributed by atoms with Crippen molar-refractivity contribution in [2.24, 2.45) is 0 Å². The van der Waals surface area contributed by atoms with Crippen molar-refractivity contribution in [2.75, 3.05) is 18.0 Å². The van der Waals surface area contributed by atoms with Gasteiger partial charge in [0.2, 0.25) is 0 Å². The van der Waals surface area contributed by atoms with Gasteiger partial charge in [-0.2, -0.15) is 0 Å². The largest absolute Gasteiger partial charge is 0.392 e. The van der Waals surface area contributed by atoms with E-state index in [1.54, 1.807) is 0 Å². The van der Waals surface area contributed by atoms with Crippen molar-refractivity contribution in [3.8, 4) is 0 Å². The van der Waals surface area contributed by atoms with Gasteiger partial charge in [0.1, 0.15) is 0 Å². The topological polar surface area (TPSA) is 23.5 Å². The lowest BCUT2D eigenvalue weighted by Gasteiger charge is -2.26. The standard InChI is InChI=1S/C15H25NO/c1-3-5-11-16(12-6-4-2)15-10-8-7-9-14(15)13-17/h7-10,17H,3-6,11-13H2,1-2H3. The predicted molar refractivity (Wildman–Crippen MR) is 74.4 cm³/mol. The summed E-state index contributed by atoms with van der Waals surface area (Å²) in [6.45, 7) is 6.75. The number of anilines is 1. The molecule has 2 heteroatoms. The van der Waals surface area contributed by atoms with Gasteiger partial charge in [-0.15, -0.1) is 0 Å². The fourth-order valence-corrected chi connectivity index (χ4v) is 2.00. The van der Waals surface area contributed by atoms with Gasteiger partial charge in [-0.25, -0.2) is 0 Å². The van der Waals surface area contributed by atoms with Gasteiger partial charge in [0.25, 0.3) is 0 Å². The van der Waals surface area contributed by atoms with Crippen molar-refractivity contribution in [1.29, 1.82) is 0 Å². The Labute approximate surface area is 105 Å². The van der Waals surface area contributed by atoms with Crippen LogP contribution in [-0.4, -0.2) is 18.2 Å². The number of para-hydroxylation sites is 1. The number of nitrogens with zero attached hydrogens (tertiary/aromatic N) is 1. The Balaban J connectivity index is 2.78. The molecule has 1 N–H and O–H groups in total. The van der Waals surface area contributed by atoms with Crippen molar-refractivity contribution in [1.82, 2.24) is 0 Å². The first-order valence-electron chi connectivity index (χ1n) is 6.77. The fraction of sp³-hybridized carbons (Fsp3) is 0.600. The highest BCUT2D eigenvalue weighted by Gasteiger charge is 2.09. The van der Waals surface area contributed by atoms with Crippen molar-refractivity contribution in [3.63, 3.8) is 0 Å². The molecule has 0 fully saturated rings. The average molecular weight is 235 g/mol. The van der Waals surface area contributed by atoms with Gasteiger partial charge < -0.3 is 10.0 Å². The Morgan fingerprint density at radius 2 is 1.59 bits per heavy atom. The lowest BCUT2D eigenvalue weighted by molar-refractivity contribution is 0.282. The Hall–Kier alpha value is -1.02. The van der Waals surface area contributed by atoms with E-state index in [0.717, 1.165) is 18.7 Å². The summed E-state index contributed by atoms with van der Waals surface area (Å²) in [5.41, 5.74) is 2.25. The van der Waals surface area contributed by atoms with E-state index in [1.165, 1.54) is 31.4 Å². The zero-order valence-electron chi connectivity index (χ0n) is 11.2. The normalized spacial score (nSPS) is 10.5. The monoisotopic (exact) mass is 235 g/mol. The second-order valence-electron chi connectivity index (χ2n) is 4.48. The van der Waals surface area contributed by atoms with Crippen LogP contribution in [-0.2, 0) is 6.61 Å². The van der Waals surface area contributed by atoms with Crippen molar-refractivity contribution in [3.05, 3.63) is 29.8 Å². The van der Waals surface area contributed by atoms with E-state index in [-0.39, 0.29) is 6.61 Å². The molecule has 2 nitrogen and oxygen atoms in total. The molecule has 0 aliphatic carbocycles. The molecule has 0 amide bonds. The van der Waals surface area contributed by atoms with E-state index < -0.39 is 0 Å². The molecule has 1 aromatic rings. The third-order valence-corrected chi connectivity index (χ3v) is 3.07. The number of benzene rings is 1. The van der Waals surface area contributed by atoms with Gasteiger partial charge in [-0.05, 0) is 18.9 Å². The first-order chi connectivity index (χ1) is 8.33. The summed E-state index contributed by atoms with van der Waals surface area (Å²) >= 11 is 0. The molecule has 0 spiro atoms. The number of aliphatic hydroxyl groups is 1. The highest BCUT2D eigenvalue weighted by Crippen LogP contribution is 2.21. The van der Waals surface area contributed by atoms with E-state index in [4.69, 9.17) is 0 Å². The molecule has 17 heavy (non-hydrogen) atoms. The third-order valence-electron chi connectivity index (χ3n) is 3.07. The number of rotatable bonds is 8. The zero-order chi connectivity index (χ0) is 12.5. The minimum atomic E-state index is 0.130. The van der Waals surface area contributed by atoms with Crippen LogP contribution in [0.3, 0.4) is 0 Å². The number of hydrogen-bond donors (Lipinski definition) is 1. The smallest absolute Gasteiger partial charge is 0.0702 e. The summed E-state index contributed by atoms with van der Waals surface area (Å²) in [5, 5.41) is 9.39. The fourth-order valence-electron chi connectivity index (χ4n) is 2.00. The Morgan fingerprint density at radius 3 is 2.12 bits per heavy atom. The maximum Gasteiger partial charge on any atom is 0.0702 e. The highest BCUT2D eigenvalue weighted by molar-refractivity contribution is 5.53. The van der Waals surface area contributed by atoms with E-state index >= 15 is 0 Å². The molecule has 0 saturated heterocycles. The van der Waals surface area contributed by atoms with E-state index in [0.29, 0.717) is 0 Å². The third kappa shape index (κ3) is 4.39. The molecule has 96 valence electrons. The van der Waals surface area contributed by atoms with Crippen LogP contribution in [0.15, 0.2) is 24.3 Å². The average Bonchev–Trinajstić information content (AvgIpc) is 2.39. The molecule has 1 rings (SSSR count). The molecular formula is C15H25NO. The minimum absolute atomic E-state index is 0.130. The first kappa shape index (κ1) is 14.0. The van der Waals surface area contributed by atoms with Gasteiger partial charge in [0.15, 0.2) is 0 Å². The van der Waals surface area contributed by atoms with Gasteiger partial charge in [0, 0.05) is 24.3 Å². The van der Waals surface area contributed by atoms with Crippen LogP contribution in [0.4, 0.5) is 5.69 Å². The molecule has 0 atom stereocenters. The highest BCUT2D eigenvalue weighted by atomic mass is 16.3. The maximum atomic E-state index is 9.39. The number of hydrogen-bond acceptors (Lipinski definition) is 2. The minimum Gasteiger partial charge on any atom is -0.392 e. The van der Waals surface area contributed by atoms with Crippen LogP contribution < -0.4 is 4.90 Å². The van der Waals surface area contributed by atoms with Crippen molar-refractivity contribution >= 4 is 5.69 Å². The maximum absolute atomic E-state index is 9.39. The molecule has 0 heterocycles. The summed E-state index contributed by atoms with van der Waals surface area (Å²) in [6.07, 6.45) is 4.85. The van der Waals surface area contributed by atoms with Crippen LogP contribution in [0, 0.1) is 0 Å². The van der Waals surface area contributed by atoms with Gasteiger partial charge in [-0.1, -0.05) is 44.9 Å². The summed E-state index contributed by atoms with van der Waals surface area (Å²) in [4.78, 5) is 2.42. The Morgan fingerprint density at radius 1 is 1.00 bits per heavy atom. The van der Waals surface area contributed by atoms with Gasteiger partial charge >= 0.3 is 0 Å². The molecule has 0 aliphatic heterocycles. The summed E-state index contributed by atoms with van der Waals surface area (Å²) in [7, 11) is 0. The van der Waals surface area contributed by atoms with E-state index in [9.17, 15) is 5.11 Å². The van der Waals surface area contributed by atoms with E-state index in [1.807, 2.05) is 12.1 Å². The molecule has 0 radical (unpaired) electrons. The summed E-state index contributed by atoms with van der Waals surface area (Å²) in [5.74, 6) is 0. The molecule has 0 aromatic heterocycles. The Bertz CT molecular complexity index is 304. The lowest BCUT2D eigenvalue weighted by Crippen LogP contribution is -2.26. The van der Waals surface area contributed by atoms with Crippen LogP contribution in [0.1, 0.15) is 45.1 Å². The molecular weight excluding hydrogens is 210 g/mol. The predicted octanol–water partition coefficient (Wildman–Crippen LogP) is 3.59. The molecule has 0 bridgehead atoms. The molecule has 0 aliphatic rings. The van der Waals surface area contributed by atoms with Crippen LogP contribution in [0.2, 0.25) is 0 Å². The van der Waals surface area contributed by atoms with Crippen LogP contribution >= 0.6 is 0 Å². The van der Waals surface area contributed by atoms with Crippen LogP contribution in [0.25, 0.3) is 0 Å². The quantitative estimate of drug-likeness (QED) is 0.744. The van der Waals surface area contributed by atoms with Crippen molar-refractivity contribution in [2.45, 2.75) is 46.1 Å². The van der Waals surface area contributed by atoms with Gasteiger partial charge in [0.05, 0.1) is 6.61 Å². The SMILES string of the molecule is CCCCN(CCCC)c1ccccc1CO. The van der Waals surface area contributed by atoms with Crippen molar-refractivity contribution < 1.29 is 5.11 Å². The van der Waals surface area contributed by atoms with Gasteiger partial charge in [-0.3, -0.25) is 0 Å².